The maximum absolute atomic E-state index is 13.3. The lowest BCUT2D eigenvalue weighted by atomic mass is 10.1. The van der Waals surface area contributed by atoms with Crippen molar-refractivity contribution in [2.75, 3.05) is 23.3 Å². The number of anilines is 2. The maximum atomic E-state index is 13.3. The van der Waals surface area contributed by atoms with Crippen LogP contribution in [0.3, 0.4) is 0 Å². The zero-order valence-electron chi connectivity index (χ0n) is 17.2. The van der Waals surface area contributed by atoms with E-state index in [0.717, 1.165) is 16.3 Å². The van der Waals surface area contributed by atoms with Gasteiger partial charge in [0.15, 0.2) is 0 Å². The fraction of sp³-hybridized carbons (Fsp3) is 0.174. The summed E-state index contributed by atoms with van der Waals surface area (Å²) in [4.78, 5) is 12.9. The lowest BCUT2D eigenvalue weighted by Gasteiger charge is -2.24. The van der Waals surface area contributed by atoms with Crippen molar-refractivity contribution in [3.8, 4) is 5.75 Å². The van der Waals surface area contributed by atoms with Gasteiger partial charge in [-0.25, -0.2) is 8.42 Å². The summed E-state index contributed by atoms with van der Waals surface area (Å²) in [6, 6.07) is 19.9. The van der Waals surface area contributed by atoms with Gasteiger partial charge in [0, 0.05) is 5.69 Å². The molecule has 0 unspecified atom stereocenters. The minimum Gasteiger partial charge on any atom is -0.495 e. The van der Waals surface area contributed by atoms with Crippen molar-refractivity contribution in [3.05, 3.63) is 83.4 Å². The second kappa shape index (κ2) is 9.85. The number of amides is 1. The Labute approximate surface area is 187 Å². The summed E-state index contributed by atoms with van der Waals surface area (Å²) in [6.45, 7) is 1.62. The van der Waals surface area contributed by atoms with Gasteiger partial charge in [-0.15, -0.1) is 0 Å². The number of hydrogen-bond donors (Lipinski definition) is 1. The molecule has 3 aromatic rings. The Morgan fingerprint density at radius 2 is 1.71 bits per heavy atom. The third-order valence-corrected chi connectivity index (χ3v) is 6.77. The van der Waals surface area contributed by atoms with Crippen LogP contribution in [-0.2, 0) is 21.2 Å². The highest BCUT2D eigenvalue weighted by Crippen LogP contribution is 2.28. The molecule has 162 valence electrons. The summed E-state index contributed by atoms with van der Waals surface area (Å²) >= 11 is 6.11. The number of rotatable bonds is 8. The highest BCUT2D eigenvalue weighted by atomic mass is 35.5. The van der Waals surface area contributed by atoms with Gasteiger partial charge in [-0.2, -0.15) is 0 Å². The van der Waals surface area contributed by atoms with Crippen LogP contribution in [0.5, 0.6) is 5.75 Å². The highest BCUT2D eigenvalue weighted by molar-refractivity contribution is 7.92. The van der Waals surface area contributed by atoms with Crippen LogP contribution in [0, 0.1) is 0 Å². The van der Waals surface area contributed by atoms with Crippen molar-refractivity contribution in [3.63, 3.8) is 0 Å². The van der Waals surface area contributed by atoms with Crippen molar-refractivity contribution >= 4 is 38.9 Å². The molecular weight excluding hydrogens is 436 g/mol. The number of carbonyl (C=O) groups excluding carboxylic acids is 1. The van der Waals surface area contributed by atoms with E-state index in [-0.39, 0.29) is 4.90 Å². The topological polar surface area (TPSA) is 75.7 Å². The van der Waals surface area contributed by atoms with Gasteiger partial charge in [-0.05, 0) is 54.4 Å². The van der Waals surface area contributed by atoms with Gasteiger partial charge in [0.05, 0.1) is 22.7 Å². The SMILES string of the molecule is CCc1ccc(N(CC(=O)Nc2ccc(OC)c(Cl)c2)S(=O)(=O)c2ccccc2)cc1. The Bertz CT molecular complexity index is 1150. The molecule has 3 aromatic carbocycles. The van der Waals surface area contributed by atoms with Crippen LogP contribution in [0.15, 0.2) is 77.7 Å². The van der Waals surface area contributed by atoms with Gasteiger partial charge in [-0.3, -0.25) is 9.10 Å². The third-order valence-electron chi connectivity index (χ3n) is 4.69. The molecule has 0 aliphatic carbocycles. The quantitative estimate of drug-likeness (QED) is 0.528. The fourth-order valence-corrected chi connectivity index (χ4v) is 4.71. The number of sulfonamides is 1. The molecule has 0 aliphatic heterocycles. The summed E-state index contributed by atoms with van der Waals surface area (Å²) in [6.07, 6.45) is 0.824. The van der Waals surface area contributed by atoms with Crippen LogP contribution in [0.4, 0.5) is 11.4 Å². The smallest absolute Gasteiger partial charge is 0.264 e. The first kappa shape index (κ1) is 22.7. The van der Waals surface area contributed by atoms with Crippen LogP contribution in [0.25, 0.3) is 0 Å². The number of hydrogen-bond acceptors (Lipinski definition) is 4. The summed E-state index contributed by atoms with van der Waals surface area (Å²) in [5.41, 5.74) is 1.91. The number of aryl methyl sites for hydroxylation is 1. The van der Waals surface area contributed by atoms with E-state index in [0.29, 0.717) is 22.1 Å². The molecule has 1 amide bonds. The van der Waals surface area contributed by atoms with E-state index in [4.69, 9.17) is 16.3 Å². The van der Waals surface area contributed by atoms with E-state index in [1.165, 1.54) is 19.2 Å². The molecule has 1 N–H and O–H groups in total. The van der Waals surface area contributed by atoms with Crippen molar-refractivity contribution < 1.29 is 17.9 Å². The Balaban J connectivity index is 1.90. The molecule has 0 spiro atoms. The molecule has 0 aromatic heterocycles. The molecule has 3 rings (SSSR count). The minimum absolute atomic E-state index is 0.106. The number of carbonyl (C=O) groups is 1. The van der Waals surface area contributed by atoms with Crippen molar-refractivity contribution in [1.82, 2.24) is 0 Å². The average Bonchev–Trinajstić information content (AvgIpc) is 2.78. The summed E-state index contributed by atoms with van der Waals surface area (Å²) in [5.74, 6) is -0.0238. The van der Waals surface area contributed by atoms with Gasteiger partial charge in [-0.1, -0.05) is 48.9 Å². The molecule has 0 atom stereocenters. The zero-order valence-corrected chi connectivity index (χ0v) is 18.8. The molecule has 0 bridgehead atoms. The largest absolute Gasteiger partial charge is 0.495 e. The van der Waals surface area contributed by atoms with Gasteiger partial charge in [0.25, 0.3) is 10.0 Å². The molecule has 6 nitrogen and oxygen atoms in total. The molecule has 0 saturated heterocycles. The standard InChI is InChI=1S/C23H23ClN2O4S/c1-3-17-9-12-19(13-10-17)26(31(28,29)20-7-5-4-6-8-20)16-23(27)25-18-11-14-22(30-2)21(24)15-18/h4-15H,3,16H2,1-2H3,(H,25,27). The number of nitrogens with one attached hydrogen (secondary N) is 1. The van der Waals surface area contributed by atoms with Gasteiger partial charge in [0.1, 0.15) is 12.3 Å². The third kappa shape index (κ3) is 5.37. The molecule has 31 heavy (non-hydrogen) atoms. The monoisotopic (exact) mass is 458 g/mol. The number of halogens is 1. The van der Waals surface area contributed by atoms with Crippen LogP contribution in [0.1, 0.15) is 12.5 Å². The molecular formula is C23H23ClN2O4S. The predicted molar refractivity (Wildman–Crippen MR) is 123 cm³/mol. The molecule has 0 radical (unpaired) electrons. The van der Waals surface area contributed by atoms with E-state index >= 15 is 0 Å². The first-order valence-corrected chi connectivity index (χ1v) is 11.5. The summed E-state index contributed by atoms with van der Waals surface area (Å²) in [7, 11) is -2.46. The highest BCUT2D eigenvalue weighted by Gasteiger charge is 2.27. The Hall–Kier alpha value is -3.03. The Morgan fingerprint density at radius 1 is 1.03 bits per heavy atom. The number of methoxy groups -OCH3 is 1. The first-order valence-electron chi connectivity index (χ1n) is 9.65. The maximum Gasteiger partial charge on any atom is 0.264 e. The fourth-order valence-electron chi connectivity index (χ4n) is 3.01. The molecule has 0 fully saturated rings. The number of ether oxygens (including phenoxy) is 1. The van der Waals surface area contributed by atoms with E-state index in [1.54, 1.807) is 48.5 Å². The predicted octanol–water partition coefficient (Wildman–Crippen LogP) is 4.75. The first-order chi connectivity index (χ1) is 14.8. The van der Waals surface area contributed by atoms with Crippen LogP contribution in [0.2, 0.25) is 5.02 Å². The van der Waals surface area contributed by atoms with Gasteiger partial charge < -0.3 is 10.1 Å². The average molecular weight is 459 g/mol. The molecule has 0 aliphatic rings. The van der Waals surface area contributed by atoms with Crippen molar-refractivity contribution in [2.24, 2.45) is 0 Å². The van der Waals surface area contributed by atoms with Crippen molar-refractivity contribution in [1.29, 1.82) is 0 Å². The summed E-state index contributed by atoms with van der Waals surface area (Å²) in [5, 5.41) is 3.03. The Morgan fingerprint density at radius 3 is 2.29 bits per heavy atom. The van der Waals surface area contributed by atoms with Crippen LogP contribution >= 0.6 is 11.6 Å². The van der Waals surface area contributed by atoms with E-state index in [2.05, 4.69) is 5.32 Å². The lowest BCUT2D eigenvalue weighted by molar-refractivity contribution is -0.114. The van der Waals surface area contributed by atoms with E-state index in [9.17, 15) is 13.2 Å². The van der Waals surface area contributed by atoms with E-state index in [1.807, 2.05) is 19.1 Å². The van der Waals surface area contributed by atoms with Crippen LogP contribution < -0.4 is 14.4 Å². The second-order valence-electron chi connectivity index (χ2n) is 6.74. The molecule has 8 heteroatoms. The summed E-state index contributed by atoms with van der Waals surface area (Å²) < 4.78 is 32.8. The molecule has 0 heterocycles. The van der Waals surface area contributed by atoms with E-state index < -0.39 is 22.5 Å². The lowest BCUT2D eigenvalue weighted by Crippen LogP contribution is -2.38. The van der Waals surface area contributed by atoms with Gasteiger partial charge in [0.2, 0.25) is 5.91 Å². The minimum atomic E-state index is -3.95. The molecule has 0 saturated carbocycles. The van der Waals surface area contributed by atoms with Crippen LogP contribution in [-0.4, -0.2) is 28.0 Å². The van der Waals surface area contributed by atoms with Crippen molar-refractivity contribution in [2.45, 2.75) is 18.2 Å². The van der Waals surface area contributed by atoms with Gasteiger partial charge >= 0.3 is 0 Å². The normalized spacial score (nSPS) is 11.1. The second-order valence-corrected chi connectivity index (χ2v) is 9.01. The number of benzene rings is 3. The zero-order chi connectivity index (χ0) is 22.4. The Kier molecular flexibility index (Phi) is 7.20. The number of nitrogens with zero attached hydrogens (tertiary/aromatic N) is 1.